The molecule has 1 rings (SSSR count). The van der Waals surface area contributed by atoms with E-state index in [4.69, 9.17) is 4.74 Å². The van der Waals surface area contributed by atoms with Gasteiger partial charge in [-0.05, 0) is 46.1 Å². The van der Waals surface area contributed by atoms with E-state index in [1.54, 1.807) is 7.11 Å². The molecule has 0 bridgehead atoms. The lowest BCUT2D eigenvalue weighted by molar-refractivity contribution is -0.147. The number of hydrogen-bond donors (Lipinski definition) is 2. The van der Waals surface area contributed by atoms with Crippen molar-refractivity contribution >= 4 is 5.97 Å². The maximum atomic E-state index is 11.7. The average Bonchev–Trinajstić information content (AvgIpc) is 2.39. The van der Waals surface area contributed by atoms with E-state index in [1.807, 2.05) is 6.92 Å². The molecule has 1 fully saturated rings. The first-order valence-electron chi connectivity index (χ1n) is 7.70. The van der Waals surface area contributed by atoms with Crippen molar-refractivity contribution in [2.24, 2.45) is 0 Å². The van der Waals surface area contributed by atoms with E-state index in [9.17, 15) is 9.90 Å². The zero-order valence-corrected chi connectivity index (χ0v) is 13.3. The van der Waals surface area contributed by atoms with E-state index in [0.717, 1.165) is 25.8 Å². The van der Waals surface area contributed by atoms with Crippen molar-refractivity contribution in [3.63, 3.8) is 0 Å². The van der Waals surface area contributed by atoms with Crippen LogP contribution in [0.5, 0.6) is 0 Å². The van der Waals surface area contributed by atoms with E-state index >= 15 is 0 Å². The SMILES string of the molecule is CCNC1(C(=O)O)CCCC(N(CCOC)C(C)C)C1. The maximum absolute atomic E-state index is 11.7. The Morgan fingerprint density at radius 3 is 2.75 bits per heavy atom. The molecule has 2 N–H and O–H groups in total. The smallest absolute Gasteiger partial charge is 0.323 e. The number of aliphatic carboxylic acids is 1. The quantitative estimate of drug-likeness (QED) is 0.711. The molecule has 20 heavy (non-hydrogen) atoms. The third kappa shape index (κ3) is 4.17. The zero-order chi connectivity index (χ0) is 15.2. The van der Waals surface area contributed by atoms with Gasteiger partial charge < -0.3 is 15.2 Å². The molecule has 0 radical (unpaired) electrons. The minimum Gasteiger partial charge on any atom is -0.480 e. The molecule has 0 aromatic rings. The Labute approximate surface area is 122 Å². The number of carboxylic acid groups (broad SMARTS) is 1. The molecule has 0 amide bonds. The van der Waals surface area contributed by atoms with Crippen LogP contribution in [0.25, 0.3) is 0 Å². The summed E-state index contributed by atoms with van der Waals surface area (Å²) in [5.74, 6) is -0.709. The summed E-state index contributed by atoms with van der Waals surface area (Å²) in [5.41, 5.74) is -0.752. The van der Waals surface area contributed by atoms with Crippen LogP contribution in [-0.4, -0.2) is 60.4 Å². The average molecular weight is 286 g/mol. The second kappa shape index (κ2) is 7.96. The fraction of sp³-hybridized carbons (Fsp3) is 0.933. The van der Waals surface area contributed by atoms with Crippen molar-refractivity contribution in [3.8, 4) is 0 Å². The molecular weight excluding hydrogens is 256 g/mol. The molecule has 1 aliphatic carbocycles. The largest absolute Gasteiger partial charge is 0.480 e. The summed E-state index contributed by atoms with van der Waals surface area (Å²) in [5, 5.41) is 12.8. The molecule has 2 atom stereocenters. The first-order chi connectivity index (χ1) is 9.46. The third-order valence-electron chi connectivity index (χ3n) is 4.34. The minimum absolute atomic E-state index is 0.314. The van der Waals surface area contributed by atoms with Gasteiger partial charge in [0.2, 0.25) is 0 Å². The van der Waals surface area contributed by atoms with Gasteiger partial charge in [0.25, 0.3) is 0 Å². The van der Waals surface area contributed by atoms with Crippen molar-refractivity contribution < 1.29 is 14.6 Å². The molecule has 0 spiro atoms. The lowest BCUT2D eigenvalue weighted by Gasteiger charge is -2.44. The van der Waals surface area contributed by atoms with Gasteiger partial charge in [-0.2, -0.15) is 0 Å². The van der Waals surface area contributed by atoms with E-state index in [2.05, 4.69) is 24.1 Å². The monoisotopic (exact) mass is 286 g/mol. The van der Waals surface area contributed by atoms with Gasteiger partial charge in [-0.3, -0.25) is 9.69 Å². The van der Waals surface area contributed by atoms with Crippen LogP contribution in [0, 0.1) is 0 Å². The zero-order valence-electron chi connectivity index (χ0n) is 13.3. The van der Waals surface area contributed by atoms with Crippen LogP contribution in [0.1, 0.15) is 46.5 Å². The molecule has 5 nitrogen and oxygen atoms in total. The first kappa shape index (κ1) is 17.4. The van der Waals surface area contributed by atoms with Crippen LogP contribution in [-0.2, 0) is 9.53 Å². The van der Waals surface area contributed by atoms with Crippen molar-refractivity contribution in [3.05, 3.63) is 0 Å². The molecule has 0 aromatic heterocycles. The van der Waals surface area contributed by atoms with Crippen molar-refractivity contribution in [1.29, 1.82) is 0 Å². The molecular formula is C15H30N2O3. The third-order valence-corrected chi connectivity index (χ3v) is 4.34. The lowest BCUT2D eigenvalue weighted by atomic mass is 9.78. The fourth-order valence-corrected chi connectivity index (χ4v) is 3.36. The molecule has 5 heteroatoms. The van der Waals surface area contributed by atoms with Gasteiger partial charge in [-0.15, -0.1) is 0 Å². The van der Waals surface area contributed by atoms with E-state index < -0.39 is 11.5 Å². The molecule has 1 aliphatic rings. The first-order valence-corrected chi connectivity index (χ1v) is 7.70. The Morgan fingerprint density at radius 1 is 1.55 bits per heavy atom. The Hall–Kier alpha value is -0.650. The van der Waals surface area contributed by atoms with Crippen molar-refractivity contribution in [2.45, 2.75) is 64.1 Å². The van der Waals surface area contributed by atoms with Crippen LogP contribution in [0.2, 0.25) is 0 Å². The summed E-state index contributed by atoms with van der Waals surface area (Å²) in [6, 6.07) is 0.718. The van der Waals surface area contributed by atoms with Crippen molar-refractivity contribution in [2.75, 3.05) is 26.8 Å². The van der Waals surface area contributed by atoms with Crippen LogP contribution >= 0.6 is 0 Å². The van der Waals surface area contributed by atoms with E-state index in [-0.39, 0.29) is 0 Å². The highest BCUT2D eigenvalue weighted by Crippen LogP contribution is 2.32. The van der Waals surface area contributed by atoms with Gasteiger partial charge in [0, 0.05) is 25.7 Å². The number of methoxy groups -OCH3 is 1. The molecule has 0 aromatic carbocycles. The van der Waals surface area contributed by atoms with Crippen LogP contribution in [0.15, 0.2) is 0 Å². The fourth-order valence-electron chi connectivity index (χ4n) is 3.36. The van der Waals surface area contributed by atoms with E-state index in [0.29, 0.717) is 31.7 Å². The summed E-state index contributed by atoms with van der Waals surface area (Å²) in [4.78, 5) is 14.1. The molecule has 0 aliphatic heterocycles. The van der Waals surface area contributed by atoms with Crippen LogP contribution in [0.4, 0.5) is 0 Å². The summed E-state index contributed by atoms with van der Waals surface area (Å²) >= 11 is 0. The van der Waals surface area contributed by atoms with E-state index in [1.165, 1.54) is 0 Å². The van der Waals surface area contributed by atoms with Gasteiger partial charge in [0.05, 0.1) is 6.61 Å². The number of rotatable bonds is 8. The minimum atomic E-state index is -0.752. The van der Waals surface area contributed by atoms with Gasteiger partial charge in [0.15, 0.2) is 0 Å². The molecule has 2 unspecified atom stereocenters. The van der Waals surface area contributed by atoms with Crippen molar-refractivity contribution in [1.82, 2.24) is 10.2 Å². The molecule has 1 saturated carbocycles. The summed E-state index contributed by atoms with van der Waals surface area (Å²) in [6.45, 7) is 8.55. The number of hydrogen-bond acceptors (Lipinski definition) is 4. The molecule has 118 valence electrons. The van der Waals surface area contributed by atoms with Crippen LogP contribution in [0.3, 0.4) is 0 Å². The normalized spacial score (nSPS) is 27.2. The van der Waals surface area contributed by atoms with Gasteiger partial charge >= 0.3 is 5.97 Å². The van der Waals surface area contributed by atoms with Crippen LogP contribution < -0.4 is 5.32 Å². The summed E-state index contributed by atoms with van der Waals surface area (Å²) in [7, 11) is 1.71. The number of likely N-dealkylation sites (N-methyl/N-ethyl adjacent to an activating group) is 1. The topological polar surface area (TPSA) is 61.8 Å². The second-order valence-corrected chi connectivity index (χ2v) is 5.99. The second-order valence-electron chi connectivity index (χ2n) is 5.99. The Bertz CT molecular complexity index is 305. The van der Waals surface area contributed by atoms with Gasteiger partial charge in [-0.25, -0.2) is 0 Å². The number of nitrogens with zero attached hydrogens (tertiary/aromatic N) is 1. The Morgan fingerprint density at radius 2 is 2.25 bits per heavy atom. The number of carbonyl (C=O) groups is 1. The molecule has 0 saturated heterocycles. The molecule has 0 heterocycles. The van der Waals surface area contributed by atoms with Gasteiger partial charge in [0.1, 0.15) is 5.54 Å². The van der Waals surface area contributed by atoms with Gasteiger partial charge in [-0.1, -0.05) is 6.92 Å². The number of nitrogens with one attached hydrogen (secondary N) is 1. The predicted molar refractivity (Wildman–Crippen MR) is 80.0 cm³/mol. The summed E-state index contributed by atoms with van der Waals surface area (Å²) < 4.78 is 5.19. The predicted octanol–water partition coefficient (Wildman–Crippen LogP) is 1.72. The highest BCUT2D eigenvalue weighted by molar-refractivity contribution is 5.79. The Kier molecular flexibility index (Phi) is 6.92. The number of ether oxygens (including phenoxy) is 1. The maximum Gasteiger partial charge on any atom is 0.323 e. The Balaban J connectivity index is 2.81. The standard InChI is InChI=1S/C15H30N2O3/c1-5-16-15(14(18)19)8-6-7-13(11-15)17(12(2)3)9-10-20-4/h12-13,16H,5-11H2,1-4H3,(H,18,19). The summed E-state index contributed by atoms with van der Waals surface area (Å²) in [6.07, 6.45) is 3.43. The number of carboxylic acids is 1. The highest BCUT2D eigenvalue weighted by atomic mass is 16.5. The lowest BCUT2D eigenvalue weighted by Crippen LogP contribution is -2.59. The highest BCUT2D eigenvalue weighted by Gasteiger charge is 2.43.